The van der Waals surface area contributed by atoms with Gasteiger partial charge in [-0.15, -0.1) is 11.3 Å². The van der Waals surface area contributed by atoms with Gasteiger partial charge >= 0.3 is 5.97 Å². The molecule has 1 heterocycles. The number of rotatable bonds is 9. The van der Waals surface area contributed by atoms with Crippen LogP contribution in [-0.4, -0.2) is 43.2 Å². The maximum Gasteiger partial charge on any atom is 0.305 e. The van der Waals surface area contributed by atoms with Crippen molar-refractivity contribution in [1.29, 1.82) is 0 Å². The van der Waals surface area contributed by atoms with E-state index in [9.17, 15) is 4.79 Å². The molecule has 0 bridgehead atoms. The van der Waals surface area contributed by atoms with Crippen LogP contribution in [0.3, 0.4) is 0 Å². The summed E-state index contributed by atoms with van der Waals surface area (Å²) in [5, 5.41) is 7.60. The molecule has 0 radical (unpaired) electrons. The maximum absolute atomic E-state index is 11.2. The number of carbonyl (C=O) groups excluding carboxylic acids is 1. The summed E-state index contributed by atoms with van der Waals surface area (Å²) in [5.41, 5.74) is 0. The van der Waals surface area contributed by atoms with Crippen molar-refractivity contribution in [2.75, 3.05) is 26.2 Å². The molecule has 2 N–H and O–H groups in total. The fourth-order valence-electron chi connectivity index (χ4n) is 1.79. The number of thiazole rings is 1. The standard InChI is InChI=1S/C15H26N4O2S/c1-4-16-15(17-9-6-7-14(20)21-5-2)18-10-8-13-19-11-12(3)22-13/h11H,4-10H2,1-3H3,(H2,16,17,18). The molecule has 1 aromatic heterocycles. The minimum atomic E-state index is -0.158. The first kappa shape index (κ1) is 18.4. The number of carbonyl (C=O) groups is 1. The van der Waals surface area contributed by atoms with Gasteiger partial charge in [0.1, 0.15) is 0 Å². The van der Waals surface area contributed by atoms with E-state index in [1.807, 2.05) is 20.0 Å². The third kappa shape index (κ3) is 7.97. The molecule has 0 aromatic carbocycles. The molecule has 0 spiro atoms. The highest BCUT2D eigenvalue weighted by Crippen LogP contribution is 2.10. The highest BCUT2D eigenvalue weighted by molar-refractivity contribution is 7.11. The number of hydrogen-bond donors (Lipinski definition) is 2. The molecule has 1 rings (SSSR count). The van der Waals surface area contributed by atoms with Crippen LogP contribution in [0.1, 0.15) is 36.6 Å². The monoisotopic (exact) mass is 326 g/mol. The first-order valence-corrected chi connectivity index (χ1v) is 8.56. The van der Waals surface area contributed by atoms with Gasteiger partial charge in [0.2, 0.25) is 0 Å². The van der Waals surface area contributed by atoms with Gasteiger partial charge in [-0.2, -0.15) is 0 Å². The highest BCUT2D eigenvalue weighted by Gasteiger charge is 2.02. The Morgan fingerprint density at radius 3 is 2.86 bits per heavy atom. The van der Waals surface area contributed by atoms with Gasteiger partial charge in [-0.1, -0.05) is 0 Å². The van der Waals surface area contributed by atoms with E-state index < -0.39 is 0 Å². The van der Waals surface area contributed by atoms with Gasteiger partial charge in [-0.3, -0.25) is 9.79 Å². The number of hydrogen-bond acceptors (Lipinski definition) is 5. The molecular weight excluding hydrogens is 300 g/mol. The van der Waals surface area contributed by atoms with Crippen molar-refractivity contribution in [3.63, 3.8) is 0 Å². The molecule has 0 fully saturated rings. The number of guanidine groups is 1. The first-order chi connectivity index (χ1) is 10.7. The number of aryl methyl sites for hydroxylation is 1. The first-order valence-electron chi connectivity index (χ1n) is 7.74. The van der Waals surface area contributed by atoms with Crippen LogP contribution in [0, 0.1) is 6.92 Å². The molecule has 0 aliphatic rings. The summed E-state index contributed by atoms with van der Waals surface area (Å²) in [6, 6.07) is 0. The minimum absolute atomic E-state index is 0.158. The van der Waals surface area contributed by atoms with E-state index in [0.29, 0.717) is 26.0 Å². The van der Waals surface area contributed by atoms with Gasteiger partial charge in [0, 0.05) is 43.5 Å². The Balaban J connectivity index is 2.27. The summed E-state index contributed by atoms with van der Waals surface area (Å²) in [6.07, 6.45) is 3.89. The Morgan fingerprint density at radius 1 is 1.41 bits per heavy atom. The van der Waals surface area contributed by atoms with Crippen LogP contribution in [0.15, 0.2) is 11.2 Å². The molecule has 6 nitrogen and oxygen atoms in total. The number of esters is 1. The molecule has 0 saturated heterocycles. The van der Waals surface area contributed by atoms with Crippen molar-refractivity contribution in [3.05, 3.63) is 16.1 Å². The van der Waals surface area contributed by atoms with Crippen molar-refractivity contribution < 1.29 is 9.53 Å². The van der Waals surface area contributed by atoms with Crippen LogP contribution in [-0.2, 0) is 16.0 Å². The summed E-state index contributed by atoms with van der Waals surface area (Å²) in [5.74, 6) is 0.620. The van der Waals surface area contributed by atoms with E-state index in [0.717, 1.165) is 30.5 Å². The lowest BCUT2D eigenvalue weighted by Crippen LogP contribution is -2.38. The third-order valence-corrected chi connectivity index (χ3v) is 3.73. The molecule has 0 amide bonds. The van der Waals surface area contributed by atoms with Crippen LogP contribution < -0.4 is 10.6 Å². The van der Waals surface area contributed by atoms with Crippen LogP contribution in [0.4, 0.5) is 0 Å². The molecule has 0 aliphatic carbocycles. The Morgan fingerprint density at radius 2 is 2.23 bits per heavy atom. The lowest BCUT2D eigenvalue weighted by molar-refractivity contribution is -0.143. The average Bonchev–Trinajstić information content (AvgIpc) is 2.89. The topological polar surface area (TPSA) is 75.6 Å². The van der Waals surface area contributed by atoms with Crippen molar-refractivity contribution in [3.8, 4) is 0 Å². The van der Waals surface area contributed by atoms with Crippen molar-refractivity contribution in [2.24, 2.45) is 4.99 Å². The number of nitrogens with one attached hydrogen (secondary N) is 2. The minimum Gasteiger partial charge on any atom is -0.466 e. The lowest BCUT2D eigenvalue weighted by atomic mass is 10.3. The molecule has 0 saturated carbocycles. The van der Waals surface area contributed by atoms with Gasteiger partial charge < -0.3 is 15.4 Å². The second-order valence-electron chi connectivity index (χ2n) is 4.71. The van der Waals surface area contributed by atoms with Crippen LogP contribution in [0.25, 0.3) is 0 Å². The van der Waals surface area contributed by atoms with E-state index in [-0.39, 0.29) is 5.97 Å². The smallest absolute Gasteiger partial charge is 0.305 e. The van der Waals surface area contributed by atoms with Gasteiger partial charge in [0.25, 0.3) is 0 Å². The van der Waals surface area contributed by atoms with Gasteiger partial charge in [0.05, 0.1) is 11.6 Å². The number of ether oxygens (including phenoxy) is 1. The second kappa shape index (κ2) is 11.0. The SMILES string of the molecule is CCNC(=NCCCC(=O)OCC)NCCc1ncc(C)s1. The number of aliphatic imine (C=N–C) groups is 1. The molecular formula is C15H26N4O2S. The van der Waals surface area contributed by atoms with E-state index in [1.54, 1.807) is 11.3 Å². The lowest BCUT2D eigenvalue weighted by Gasteiger charge is -2.10. The summed E-state index contributed by atoms with van der Waals surface area (Å²) in [6.45, 7) is 8.53. The van der Waals surface area contributed by atoms with Crippen LogP contribution in [0.2, 0.25) is 0 Å². The fraction of sp³-hybridized carbons (Fsp3) is 0.667. The molecule has 22 heavy (non-hydrogen) atoms. The van der Waals surface area contributed by atoms with Crippen molar-refractivity contribution in [1.82, 2.24) is 15.6 Å². The summed E-state index contributed by atoms with van der Waals surface area (Å²) < 4.78 is 4.89. The molecule has 0 unspecified atom stereocenters. The van der Waals surface area contributed by atoms with Gasteiger partial charge in [-0.05, 0) is 27.2 Å². The third-order valence-electron chi connectivity index (χ3n) is 2.76. The second-order valence-corrected chi connectivity index (χ2v) is 6.03. The number of nitrogens with zero attached hydrogens (tertiary/aromatic N) is 2. The molecule has 7 heteroatoms. The van der Waals surface area contributed by atoms with E-state index in [1.165, 1.54) is 4.88 Å². The van der Waals surface area contributed by atoms with E-state index in [2.05, 4.69) is 27.5 Å². The van der Waals surface area contributed by atoms with E-state index in [4.69, 9.17) is 4.74 Å². The molecule has 1 aromatic rings. The van der Waals surface area contributed by atoms with Crippen molar-refractivity contribution in [2.45, 2.75) is 40.0 Å². The normalized spacial score (nSPS) is 11.3. The molecule has 0 aliphatic heterocycles. The predicted molar refractivity (Wildman–Crippen MR) is 90.4 cm³/mol. The zero-order valence-electron chi connectivity index (χ0n) is 13.6. The fourth-order valence-corrected chi connectivity index (χ4v) is 2.58. The van der Waals surface area contributed by atoms with Crippen LogP contribution >= 0.6 is 11.3 Å². The molecule has 124 valence electrons. The summed E-state index contributed by atoms with van der Waals surface area (Å²) >= 11 is 1.72. The predicted octanol–water partition coefficient (Wildman–Crippen LogP) is 1.89. The van der Waals surface area contributed by atoms with Gasteiger partial charge in [0.15, 0.2) is 5.96 Å². The summed E-state index contributed by atoms with van der Waals surface area (Å²) in [7, 11) is 0. The van der Waals surface area contributed by atoms with Crippen molar-refractivity contribution >= 4 is 23.3 Å². The maximum atomic E-state index is 11.2. The van der Waals surface area contributed by atoms with Crippen LogP contribution in [0.5, 0.6) is 0 Å². The quantitative estimate of drug-likeness (QED) is 0.314. The number of aromatic nitrogens is 1. The zero-order chi connectivity index (χ0) is 16.2. The summed E-state index contributed by atoms with van der Waals surface area (Å²) in [4.78, 5) is 21.3. The zero-order valence-corrected chi connectivity index (χ0v) is 14.5. The van der Waals surface area contributed by atoms with Gasteiger partial charge in [-0.25, -0.2) is 4.98 Å². The largest absolute Gasteiger partial charge is 0.466 e. The average molecular weight is 326 g/mol. The Bertz CT molecular complexity index is 474. The highest BCUT2D eigenvalue weighted by atomic mass is 32.1. The molecule has 0 atom stereocenters. The Kier molecular flexibility index (Phi) is 9.21. The van der Waals surface area contributed by atoms with E-state index >= 15 is 0 Å². The Labute approximate surface area is 136 Å². The Hall–Kier alpha value is -1.63.